The molecule has 7 heteroatoms. The molecule has 0 atom stereocenters. The topological polar surface area (TPSA) is 56.5 Å². The summed E-state index contributed by atoms with van der Waals surface area (Å²) in [7, 11) is 0. The van der Waals surface area contributed by atoms with Crippen LogP contribution in [0.5, 0.6) is 0 Å². The van der Waals surface area contributed by atoms with E-state index in [9.17, 15) is 4.39 Å². The second-order valence-corrected chi connectivity index (χ2v) is 2.65. The van der Waals surface area contributed by atoms with Crippen LogP contribution >= 0.6 is 11.6 Å². The van der Waals surface area contributed by atoms with Crippen LogP contribution in [-0.2, 0) is 0 Å². The number of hydrogen-bond acceptors (Lipinski definition) is 4. The molecule has 0 aromatic carbocycles. The fourth-order valence-corrected chi connectivity index (χ4v) is 0.979. The van der Waals surface area contributed by atoms with E-state index in [0.717, 1.165) is 10.7 Å². The maximum atomic E-state index is 13.2. The maximum absolute atomic E-state index is 13.2. The van der Waals surface area contributed by atoms with Crippen LogP contribution in [0, 0.1) is 5.82 Å². The van der Waals surface area contributed by atoms with Gasteiger partial charge in [0.2, 0.25) is 0 Å². The Hall–Kier alpha value is -1.56. The van der Waals surface area contributed by atoms with Crippen LogP contribution in [0.3, 0.4) is 0 Å². The molecule has 0 radical (unpaired) electrons. The number of tetrazole rings is 1. The number of rotatable bonds is 1. The van der Waals surface area contributed by atoms with Crippen LogP contribution in [0.25, 0.3) is 5.82 Å². The molecule has 0 aliphatic heterocycles. The zero-order chi connectivity index (χ0) is 9.26. The maximum Gasteiger partial charge on any atom is 0.193 e. The van der Waals surface area contributed by atoms with E-state index in [-0.39, 0.29) is 10.8 Å². The minimum absolute atomic E-state index is 0.0226. The first-order valence-corrected chi connectivity index (χ1v) is 3.69. The van der Waals surface area contributed by atoms with Gasteiger partial charge in [0.05, 0.1) is 5.02 Å². The first kappa shape index (κ1) is 8.06. The van der Waals surface area contributed by atoms with Crippen molar-refractivity contribution < 1.29 is 4.39 Å². The highest BCUT2D eigenvalue weighted by Crippen LogP contribution is 2.13. The zero-order valence-corrected chi connectivity index (χ0v) is 6.98. The minimum Gasteiger partial charge on any atom is -0.233 e. The molecule has 0 fully saturated rings. The SMILES string of the molecule is Fc1cc(Cl)cnc1-n1cnnn1. The molecule has 0 saturated heterocycles. The highest BCUT2D eigenvalue weighted by molar-refractivity contribution is 6.30. The van der Waals surface area contributed by atoms with Crippen molar-refractivity contribution in [3.8, 4) is 5.82 Å². The summed E-state index contributed by atoms with van der Waals surface area (Å²) in [5, 5.41) is 10.4. The van der Waals surface area contributed by atoms with Crippen molar-refractivity contribution in [2.75, 3.05) is 0 Å². The highest BCUT2D eigenvalue weighted by Gasteiger charge is 2.07. The first-order chi connectivity index (χ1) is 6.27. The Morgan fingerprint density at radius 1 is 1.46 bits per heavy atom. The van der Waals surface area contributed by atoms with Gasteiger partial charge in [0, 0.05) is 6.20 Å². The monoisotopic (exact) mass is 199 g/mol. The average Bonchev–Trinajstić information content (AvgIpc) is 2.56. The summed E-state index contributed by atoms with van der Waals surface area (Å²) >= 11 is 5.51. The molecule has 0 amide bonds. The molecule has 0 saturated carbocycles. The van der Waals surface area contributed by atoms with Crippen molar-refractivity contribution in [1.29, 1.82) is 0 Å². The predicted molar refractivity (Wildman–Crippen MR) is 41.9 cm³/mol. The fraction of sp³-hybridized carbons (Fsp3) is 0. The van der Waals surface area contributed by atoms with Crippen LogP contribution in [0.15, 0.2) is 18.6 Å². The van der Waals surface area contributed by atoms with Crippen molar-refractivity contribution in [1.82, 2.24) is 25.2 Å². The lowest BCUT2D eigenvalue weighted by atomic mass is 10.4. The summed E-state index contributed by atoms with van der Waals surface area (Å²) in [5.41, 5.74) is 0. The van der Waals surface area contributed by atoms with Gasteiger partial charge in [-0.05, 0) is 16.5 Å². The lowest BCUT2D eigenvalue weighted by Crippen LogP contribution is -2.01. The smallest absolute Gasteiger partial charge is 0.193 e. The summed E-state index contributed by atoms with van der Waals surface area (Å²) in [4.78, 5) is 3.73. The summed E-state index contributed by atoms with van der Waals surface area (Å²) in [6.07, 6.45) is 2.57. The quantitative estimate of drug-likeness (QED) is 0.683. The summed E-state index contributed by atoms with van der Waals surface area (Å²) in [6, 6.07) is 1.14. The second kappa shape index (κ2) is 3.06. The van der Waals surface area contributed by atoms with Gasteiger partial charge in [0.15, 0.2) is 11.6 Å². The van der Waals surface area contributed by atoms with Crippen molar-refractivity contribution in [2.45, 2.75) is 0 Å². The van der Waals surface area contributed by atoms with E-state index in [1.807, 2.05) is 0 Å². The van der Waals surface area contributed by atoms with Crippen molar-refractivity contribution >= 4 is 11.6 Å². The molecule has 5 nitrogen and oxygen atoms in total. The number of halogens is 2. The molecule has 0 bridgehead atoms. The van der Waals surface area contributed by atoms with Gasteiger partial charge in [-0.25, -0.2) is 9.37 Å². The van der Waals surface area contributed by atoms with E-state index in [0.29, 0.717) is 0 Å². The lowest BCUT2D eigenvalue weighted by molar-refractivity contribution is 0.596. The normalized spacial score (nSPS) is 10.3. The highest BCUT2D eigenvalue weighted by atomic mass is 35.5. The third kappa shape index (κ3) is 1.48. The molecule has 2 heterocycles. The molecular weight excluding hydrogens is 197 g/mol. The van der Waals surface area contributed by atoms with Gasteiger partial charge < -0.3 is 0 Å². The van der Waals surface area contributed by atoms with Gasteiger partial charge in [-0.15, -0.1) is 5.10 Å². The third-order valence-electron chi connectivity index (χ3n) is 1.35. The molecule has 13 heavy (non-hydrogen) atoms. The molecule has 66 valence electrons. The molecule has 0 N–H and O–H groups in total. The fourth-order valence-electron chi connectivity index (χ4n) is 0.834. The third-order valence-corrected chi connectivity index (χ3v) is 1.56. The van der Waals surface area contributed by atoms with Gasteiger partial charge in [-0.3, -0.25) is 0 Å². The van der Waals surface area contributed by atoms with E-state index in [2.05, 4.69) is 20.5 Å². The number of nitrogens with zero attached hydrogens (tertiary/aromatic N) is 5. The lowest BCUT2D eigenvalue weighted by Gasteiger charge is -1.98. The van der Waals surface area contributed by atoms with Crippen molar-refractivity contribution in [3.05, 3.63) is 29.4 Å². The Morgan fingerprint density at radius 3 is 2.92 bits per heavy atom. The number of hydrogen-bond donors (Lipinski definition) is 0. The Labute approximate surface area is 77.2 Å². The molecule has 2 rings (SSSR count). The van der Waals surface area contributed by atoms with E-state index in [4.69, 9.17) is 11.6 Å². The Bertz CT molecular complexity index is 415. The first-order valence-electron chi connectivity index (χ1n) is 3.32. The Morgan fingerprint density at radius 2 is 2.31 bits per heavy atom. The van der Waals surface area contributed by atoms with Gasteiger partial charge >= 0.3 is 0 Å². The van der Waals surface area contributed by atoms with Gasteiger partial charge in [0.1, 0.15) is 6.33 Å². The summed E-state index contributed by atoms with van der Waals surface area (Å²) < 4.78 is 14.3. The Balaban J connectivity index is 2.53. The van der Waals surface area contributed by atoms with E-state index >= 15 is 0 Å². The van der Waals surface area contributed by atoms with E-state index < -0.39 is 5.82 Å². The van der Waals surface area contributed by atoms with Crippen LogP contribution in [-0.4, -0.2) is 25.2 Å². The molecule has 0 spiro atoms. The molecule has 0 aliphatic carbocycles. The van der Waals surface area contributed by atoms with Crippen LogP contribution in [0.2, 0.25) is 5.02 Å². The summed E-state index contributed by atoms with van der Waals surface area (Å²) in [6.45, 7) is 0. The van der Waals surface area contributed by atoms with Gasteiger partial charge in [0.25, 0.3) is 0 Å². The minimum atomic E-state index is -0.570. The van der Waals surface area contributed by atoms with E-state index in [1.165, 1.54) is 12.5 Å². The second-order valence-electron chi connectivity index (χ2n) is 2.21. The predicted octanol–water partition coefficient (Wildman–Crippen LogP) is 0.850. The van der Waals surface area contributed by atoms with E-state index in [1.54, 1.807) is 0 Å². The van der Waals surface area contributed by atoms with Crippen molar-refractivity contribution in [2.24, 2.45) is 0 Å². The molecule has 0 aliphatic rings. The molecule has 2 aromatic rings. The zero-order valence-electron chi connectivity index (χ0n) is 6.22. The summed E-state index contributed by atoms with van der Waals surface area (Å²) in [5.74, 6) is -0.547. The molecule has 0 unspecified atom stereocenters. The Kier molecular flexibility index (Phi) is 1.90. The molecular formula is C6H3ClFN5. The largest absolute Gasteiger partial charge is 0.233 e. The number of pyridine rings is 1. The van der Waals surface area contributed by atoms with Crippen LogP contribution < -0.4 is 0 Å². The molecule has 2 aromatic heterocycles. The van der Waals surface area contributed by atoms with Gasteiger partial charge in [-0.2, -0.15) is 4.68 Å². The van der Waals surface area contributed by atoms with Gasteiger partial charge in [-0.1, -0.05) is 11.6 Å². The standard InChI is InChI=1S/C6H3ClFN5/c7-4-1-5(8)6(9-2-4)13-3-10-11-12-13/h1-3H. The van der Waals surface area contributed by atoms with Crippen LogP contribution in [0.4, 0.5) is 4.39 Å². The number of aromatic nitrogens is 5. The van der Waals surface area contributed by atoms with Crippen molar-refractivity contribution in [3.63, 3.8) is 0 Å². The average molecular weight is 200 g/mol. The van der Waals surface area contributed by atoms with Crippen LogP contribution in [0.1, 0.15) is 0 Å².